The van der Waals surface area contributed by atoms with Crippen molar-refractivity contribution >= 4 is 11.6 Å². The fourth-order valence-corrected chi connectivity index (χ4v) is 2.59. The predicted octanol–water partition coefficient (Wildman–Crippen LogP) is 3.10. The van der Waals surface area contributed by atoms with Gasteiger partial charge in [0.25, 0.3) is 0 Å². The fraction of sp³-hybridized carbons (Fsp3) is 0.917. The minimum Gasteiger partial charge on any atom is -0.379 e. The van der Waals surface area contributed by atoms with Gasteiger partial charge in [-0.15, -0.1) is 0 Å². The Bertz CT molecular complexity index is 440. The summed E-state index contributed by atoms with van der Waals surface area (Å²) in [6, 6.07) is 0. The molecule has 0 fully saturated rings. The molecule has 0 aromatic rings. The van der Waals surface area contributed by atoms with Crippen molar-refractivity contribution in [3.8, 4) is 0 Å². The van der Waals surface area contributed by atoms with E-state index < -0.39 is 0 Å². The lowest BCUT2D eigenvalue weighted by Crippen LogP contribution is -2.15. The van der Waals surface area contributed by atoms with Crippen LogP contribution < -0.4 is 0 Å². The number of hydrogen-bond acceptors (Lipinski definition) is 8. The van der Waals surface area contributed by atoms with Gasteiger partial charge in [-0.2, -0.15) is 0 Å². The first-order chi connectivity index (χ1) is 15.4. The second-order valence-corrected chi connectivity index (χ2v) is 8.29. The standard InChI is InChI=1S/C24H46O8/c1-21(2)20-23(25)6-5-8-27-10-12-29-14-16-31-18-19-32-17-15-30-13-11-28-9-7-24(26)22(3)4/h21-22H,5-20H2,1-4H3. The summed E-state index contributed by atoms with van der Waals surface area (Å²) < 4.78 is 32.5. The maximum atomic E-state index is 11.6. The van der Waals surface area contributed by atoms with Crippen molar-refractivity contribution in [3.63, 3.8) is 0 Å². The Balaban J connectivity index is 3.12. The van der Waals surface area contributed by atoms with Crippen molar-refractivity contribution in [1.29, 1.82) is 0 Å². The molecule has 0 radical (unpaired) electrons. The van der Waals surface area contributed by atoms with E-state index in [1.807, 2.05) is 13.8 Å². The van der Waals surface area contributed by atoms with Gasteiger partial charge in [0.2, 0.25) is 0 Å². The van der Waals surface area contributed by atoms with Crippen molar-refractivity contribution < 1.29 is 38.0 Å². The Morgan fingerprint density at radius 2 is 0.906 bits per heavy atom. The Hall–Kier alpha value is -0.900. The van der Waals surface area contributed by atoms with E-state index in [-0.39, 0.29) is 11.7 Å². The predicted molar refractivity (Wildman–Crippen MR) is 123 cm³/mol. The molecule has 0 amide bonds. The van der Waals surface area contributed by atoms with Gasteiger partial charge < -0.3 is 28.4 Å². The van der Waals surface area contributed by atoms with Crippen LogP contribution in [0, 0.1) is 11.8 Å². The first-order valence-electron chi connectivity index (χ1n) is 11.9. The Morgan fingerprint density at radius 1 is 0.531 bits per heavy atom. The van der Waals surface area contributed by atoms with Crippen molar-refractivity contribution in [1.82, 2.24) is 0 Å². The van der Waals surface area contributed by atoms with Gasteiger partial charge in [0, 0.05) is 31.8 Å². The zero-order valence-electron chi connectivity index (χ0n) is 20.7. The molecule has 0 rings (SSSR count). The summed E-state index contributed by atoms with van der Waals surface area (Å²) in [7, 11) is 0. The van der Waals surface area contributed by atoms with E-state index in [1.54, 1.807) is 0 Å². The second-order valence-electron chi connectivity index (χ2n) is 8.29. The van der Waals surface area contributed by atoms with E-state index in [9.17, 15) is 9.59 Å². The molecule has 0 unspecified atom stereocenters. The molecule has 190 valence electrons. The molecule has 0 aliphatic heterocycles. The lowest BCUT2D eigenvalue weighted by molar-refractivity contribution is -0.123. The molecule has 0 aliphatic rings. The van der Waals surface area contributed by atoms with Crippen molar-refractivity contribution in [2.45, 2.75) is 53.4 Å². The first kappa shape index (κ1) is 31.1. The number of carbonyl (C=O) groups excluding carboxylic acids is 2. The monoisotopic (exact) mass is 462 g/mol. The van der Waals surface area contributed by atoms with E-state index >= 15 is 0 Å². The van der Waals surface area contributed by atoms with Crippen LogP contribution in [0.2, 0.25) is 0 Å². The fourth-order valence-electron chi connectivity index (χ4n) is 2.59. The van der Waals surface area contributed by atoms with Gasteiger partial charge >= 0.3 is 0 Å². The van der Waals surface area contributed by atoms with Gasteiger partial charge in [-0.05, 0) is 12.3 Å². The largest absolute Gasteiger partial charge is 0.379 e. The summed E-state index contributed by atoms with van der Waals surface area (Å²) in [6.07, 6.45) is 2.48. The molecule has 0 aromatic carbocycles. The van der Waals surface area contributed by atoms with Crippen LogP contribution in [0.25, 0.3) is 0 Å². The van der Waals surface area contributed by atoms with Gasteiger partial charge in [0.15, 0.2) is 0 Å². The molecule has 0 aliphatic carbocycles. The average molecular weight is 463 g/mol. The number of rotatable bonds is 25. The molecule has 8 nitrogen and oxygen atoms in total. The molecule has 32 heavy (non-hydrogen) atoms. The van der Waals surface area contributed by atoms with Gasteiger partial charge in [-0.25, -0.2) is 0 Å². The van der Waals surface area contributed by atoms with Crippen LogP contribution in [0.5, 0.6) is 0 Å². The molecule has 0 bridgehead atoms. The van der Waals surface area contributed by atoms with Gasteiger partial charge in [-0.1, -0.05) is 27.7 Å². The maximum absolute atomic E-state index is 11.6. The van der Waals surface area contributed by atoms with Crippen LogP contribution in [-0.4, -0.2) is 90.8 Å². The van der Waals surface area contributed by atoms with Gasteiger partial charge in [0.05, 0.1) is 72.7 Å². The third kappa shape index (κ3) is 23.8. The Morgan fingerprint density at radius 3 is 1.28 bits per heavy atom. The number of hydrogen-bond donors (Lipinski definition) is 0. The van der Waals surface area contributed by atoms with Crippen LogP contribution in [-0.2, 0) is 38.0 Å². The smallest absolute Gasteiger partial charge is 0.137 e. The minimum atomic E-state index is 0.0667. The molecule has 0 saturated heterocycles. The molecular weight excluding hydrogens is 416 g/mol. The molecule has 0 aromatic heterocycles. The maximum Gasteiger partial charge on any atom is 0.137 e. The highest BCUT2D eigenvalue weighted by Gasteiger charge is 2.06. The molecule has 0 N–H and O–H groups in total. The number of Topliss-reactive ketones (excluding diaryl/α,β-unsaturated/α-hetero) is 2. The Labute approximate surface area is 194 Å². The van der Waals surface area contributed by atoms with E-state index in [4.69, 9.17) is 28.4 Å². The third-order valence-corrected chi connectivity index (χ3v) is 4.38. The number of ketones is 2. The summed E-state index contributed by atoms with van der Waals surface area (Å²) in [5.74, 6) is 1.03. The summed E-state index contributed by atoms with van der Waals surface area (Å²) >= 11 is 0. The molecule has 0 spiro atoms. The van der Waals surface area contributed by atoms with Crippen LogP contribution in [0.15, 0.2) is 0 Å². The normalized spacial score (nSPS) is 11.6. The van der Waals surface area contributed by atoms with Crippen molar-refractivity contribution in [3.05, 3.63) is 0 Å². The molecule has 8 heteroatoms. The summed E-state index contributed by atoms with van der Waals surface area (Å²) in [6.45, 7) is 14.0. The van der Waals surface area contributed by atoms with Crippen LogP contribution in [0.3, 0.4) is 0 Å². The van der Waals surface area contributed by atoms with Crippen LogP contribution in [0.1, 0.15) is 53.4 Å². The molecule has 0 heterocycles. The average Bonchev–Trinajstić information content (AvgIpc) is 2.74. The van der Waals surface area contributed by atoms with E-state index in [0.29, 0.717) is 110 Å². The number of ether oxygens (including phenoxy) is 6. The van der Waals surface area contributed by atoms with E-state index in [1.165, 1.54) is 0 Å². The SMILES string of the molecule is CC(C)CC(=O)CCCOCCOCCOCCOCCOCCOCCC(=O)C(C)C. The van der Waals surface area contributed by atoms with Crippen LogP contribution >= 0.6 is 0 Å². The number of carbonyl (C=O) groups is 2. The third-order valence-electron chi connectivity index (χ3n) is 4.38. The quantitative estimate of drug-likeness (QED) is 0.191. The van der Waals surface area contributed by atoms with Crippen molar-refractivity contribution in [2.24, 2.45) is 11.8 Å². The molecular formula is C24H46O8. The minimum absolute atomic E-state index is 0.0667. The summed E-state index contributed by atoms with van der Waals surface area (Å²) in [5.41, 5.74) is 0. The van der Waals surface area contributed by atoms with Gasteiger partial charge in [0.1, 0.15) is 11.6 Å². The van der Waals surface area contributed by atoms with E-state index in [0.717, 1.165) is 6.42 Å². The lowest BCUT2D eigenvalue weighted by atomic mass is 10.0. The zero-order valence-corrected chi connectivity index (χ0v) is 20.7. The first-order valence-corrected chi connectivity index (χ1v) is 11.9. The highest BCUT2D eigenvalue weighted by Crippen LogP contribution is 2.04. The lowest BCUT2D eigenvalue weighted by Gasteiger charge is -2.08. The molecule has 0 saturated carbocycles. The van der Waals surface area contributed by atoms with Crippen LogP contribution in [0.4, 0.5) is 0 Å². The summed E-state index contributed by atoms with van der Waals surface area (Å²) in [4.78, 5) is 23.0. The zero-order chi connectivity index (χ0) is 23.9. The summed E-state index contributed by atoms with van der Waals surface area (Å²) in [5, 5.41) is 0. The second kappa shape index (κ2) is 23.3. The van der Waals surface area contributed by atoms with Gasteiger partial charge in [-0.3, -0.25) is 9.59 Å². The highest BCUT2D eigenvalue weighted by atomic mass is 16.6. The molecule has 0 atom stereocenters. The Kier molecular flexibility index (Phi) is 22.6. The highest BCUT2D eigenvalue weighted by molar-refractivity contribution is 5.80. The van der Waals surface area contributed by atoms with E-state index in [2.05, 4.69) is 13.8 Å². The topological polar surface area (TPSA) is 89.5 Å². The van der Waals surface area contributed by atoms with Crippen molar-refractivity contribution in [2.75, 3.05) is 79.3 Å².